The van der Waals surface area contributed by atoms with Crippen LogP contribution in [0.25, 0.3) is 0 Å². The van der Waals surface area contributed by atoms with Gasteiger partial charge in [-0.1, -0.05) is 34.1 Å². The third kappa shape index (κ3) is 2.57. The largest absolute Gasteiger partial charge is 0.496 e. The number of benzene rings is 2. The summed E-state index contributed by atoms with van der Waals surface area (Å²) in [5.74, 6) is 0.587. The third-order valence-corrected chi connectivity index (χ3v) is 4.67. The van der Waals surface area contributed by atoms with Crippen molar-refractivity contribution in [3.63, 3.8) is 0 Å². The van der Waals surface area contributed by atoms with Gasteiger partial charge in [-0.15, -0.1) is 0 Å². The summed E-state index contributed by atoms with van der Waals surface area (Å²) in [5, 5.41) is 0.593. The van der Waals surface area contributed by atoms with Gasteiger partial charge in [-0.25, -0.2) is 0 Å². The molecule has 0 aliphatic carbocycles. The van der Waals surface area contributed by atoms with Crippen molar-refractivity contribution in [3.05, 3.63) is 58.7 Å². The molecule has 2 aromatic rings. The number of rotatable bonds is 5. The predicted octanol–water partition coefficient (Wildman–Crippen LogP) is 3.39. The highest BCUT2D eigenvalue weighted by atomic mass is 79.9. The number of hydrogen-bond donors (Lipinski definition) is 0. The first-order valence-electron chi connectivity index (χ1n) is 7.36. The fourth-order valence-corrected chi connectivity index (χ4v) is 3.34. The van der Waals surface area contributed by atoms with Crippen LogP contribution in [0, 0.1) is 0 Å². The Morgan fingerprint density at radius 3 is 2.08 bits per heavy atom. The Balaban J connectivity index is 2.03. The van der Waals surface area contributed by atoms with E-state index in [0.717, 1.165) is 5.56 Å². The molecule has 2 aromatic carbocycles. The molecule has 0 bridgehead atoms. The molecular weight excluding hydrogens is 374 g/mol. The van der Waals surface area contributed by atoms with Crippen molar-refractivity contribution in [3.8, 4) is 11.5 Å². The molecule has 6 heteroatoms. The van der Waals surface area contributed by atoms with Crippen molar-refractivity contribution < 1.29 is 19.1 Å². The highest BCUT2D eigenvalue weighted by Crippen LogP contribution is 2.36. The molecule has 0 saturated heterocycles. The molecule has 24 heavy (non-hydrogen) atoms. The third-order valence-electron chi connectivity index (χ3n) is 4.06. The number of amides is 2. The molecule has 1 aliphatic rings. The number of alkyl halides is 1. The van der Waals surface area contributed by atoms with Gasteiger partial charge in [-0.2, -0.15) is 0 Å². The fourth-order valence-electron chi connectivity index (χ4n) is 2.90. The van der Waals surface area contributed by atoms with Crippen molar-refractivity contribution in [2.75, 3.05) is 14.2 Å². The van der Waals surface area contributed by atoms with E-state index in [1.54, 1.807) is 38.5 Å². The Morgan fingerprint density at radius 1 is 0.958 bits per heavy atom. The van der Waals surface area contributed by atoms with Crippen LogP contribution in [0.2, 0.25) is 0 Å². The van der Waals surface area contributed by atoms with Crippen LogP contribution in [-0.2, 0) is 11.9 Å². The number of imide groups is 1. The minimum absolute atomic E-state index is 0.0968. The molecule has 0 saturated carbocycles. The Kier molecular flexibility index (Phi) is 4.57. The Labute approximate surface area is 148 Å². The first-order chi connectivity index (χ1) is 11.6. The number of nitrogens with zero attached hydrogens (tertiary/aromatic N) is 1. The summed E-state index contributed by atoms with van der Waals surface area (Å²) in [4.78, 5) is 26.4. The van der Waals surface area contributed by atoms with Gasteiger partial charge in [0.25, 0.3) is 11.8 Å². The maximum atomic E-state index is 12.6. The lowest BCUT2D eigenvalue weighted by Crippen LogP contribution is -2.29. The molecule has 3 rings (SSSR count). The van der Waals surface area contributed by atoms with E-state index in [1.165, 1.54) is 4.90 Å². The topological polar surface area (TPSA) is 55.8 Å². The van der Waals surface area contributed by atoms with Crippen LogP contribution < -0.4 is 9.47 Å². The zero-order chi connectivity index (χ0) is 17.3. The van der Waals surface area contributed by atoms with E-state index in [0.29, 0.717) is 33.5 Å². The summed E-state index contributed by atoms with van der Waals surface area (Å²) < 4.78 is 10.9. The van der Waals surface area contributed by atoms with E-state index in [2.05, 4.69) is 15.9 Å². The minimum atomic E-state index is -0.302. The molecule has 0 radical (unpaired) electrons. The minimum Gasteiger partial charge on any atom is -0.496 e. The molecule has 0 aromatic heterocycles. The fraction of sp³-hybridized carbons (Fsp3) is 0.222. The molecular formula is C18H16BrNO4. The van der Waals surface area contributed by atoms with Crippen molar-refractivity contribution >= 4 is 27.7 Å². The van der Waals surface area contributed by atoms with E-state index in [1.807, 2.05) is 12.1 Å². The average Bonchev–Trinajstić information content (AvgIpc) is 2.86. The number of hydrogen-bond acceptors (Lipinski definition) is 4. The van der Waals surface area contributed by atoms with Crippen LogP contribution in [0.1, 0.15) is 31.8 Å². The lowest BCUT2D eigenvalue weighted by Gasteiger charge is -2.20. The number of methoxy groups -OCH3 is 2. The molecule has 0 unspecified atom stereocenters. The van der Waals surface area contributed by atoms with E-state index < -0.39 is 0 Å². The van der Waals surface area contributed by atoms with Crippen LogP contribution in [0.5, 0.6) is 11.5 Å². The maximum Gasteiger partial charge on any atom is 0.261 e. The van der Waals surface area contributed by atoms with Crippen LogP contribution in [-0.4, -0.2) is 30.9 Å². The van der Waals surface area contributed by atoms with Crippen LogP contribution >= 0.6 is 15.9 Å². The Bertz CT molecular complexity index is 784. The summed E-state index contributed by atoms with van der Waals surface area (Å²) in [5.41, 5.74) is 2.45. The van der Waals surface area contributed by atoms with Gasteiger partial charge >= 0.3 is 0 Å². The monoisotopic (exact) mass is 389 g/mol. The van der Waals surface area contributed by atoms with Gasteiger partial charge in [-0.05, 0) is 18.2 Å². The molecule has 1 heterocycles. The van der Waals surface area contributed by atoms with Crippen molar-refractivity contribution in [1.82, 2.24) is 4.90 Å². The standard InChI is InChI=1S/C18H16BrNO4/c1-23-15-8-7-11(9-19)16(24-2)14(15)10-20-17(21)12-5-3-4-6-13(12)18(20)22/h3-8H,9-10H2,1-2H3. The second kappa shape index (κ2) is 6.65. The van der Waals surface area contributed by atoms with Gasteiger partial charge in [0.05, 0.1) is 37.5 Å². The van der Waals surface area contributed by atoms with Gasteiger partial charge in [0.1, 0.15) is 11.5 Å². The van der Waals surface area contributed by atoms with Crippen LogP contribution in [0.3, 0.4) is 0 Å². The van der Waals surface area contributed by atoms with E-state index in [-0.39, 0.29) is 18.4 Å². The van der Waals surface area contributed by atoms with Gasteiger partial charge in [0.15, 0.2) is 0 Å². The number of ether oxygens (including phenoxy) is 2. The van der Waals surface area contributed by atoms with Gasteiger partial charge in [-0.3, -0.25) is 14.5 Å². The van der Waals surface area contributed by atoms with Crippen molar-refractivity contribution in [2.45, 2.75) is 11.9 Å². The number of carbonyl (C=O) groups is 2. The summed E-state index contributed by atoms with van der Waals surface area (Å²) >= 11 is 3.42. The van der Waals surface area contributed by atoms with E-state index in [9.17, 15) is 9.59 Å². The zero-order valence-corrected chi connectivity index (χ0v) is 14.9. The van der Waals surface area contributed by atoms with Crippen molar-refractivity contribution in [1.29, 1.82) is 0 Å². The van der Waals surface area contributed by atoms with Crippen LogP contribution in [0.4, 0.5) is 0 Å². The molecule has 5 nitrogen and oxygen atoms in total. The highest BCUT2D eigenvalue weighted by Gasteiger charge is 2.36. The smallest absolute Gasteiger partial charge is 0.261 e. The predicted molar refractivity (Wildman–Crippen MR) is 92.8 cm³/mol. The van der Waals surface area contributed by atoms with Gasteiger partial charge in [0.2, 0.25) is 0 Å². The molecule has 1 aliphatic heterocycles. The maximum absolute atomic E-state index is 12.6. The van der Waals surface area contributed by atoms with Gasteiger partial charge < -0.3 is 9.47 Å². The normalized spacial score (nSPS) is 13.2. The Hall–Kier alpha value is -2.34. The summed E-state index contributed by atoms with van der Waals surface area (Å²) in [6.45, 7) is 0.0968. The first-order valence-corrected chi connectivity index (χ1v) is 8.48. The summed E-state index contributed by atoms with van der Waals surface area (Å²) in [6, 6.07) is 10.5. The summed E-state index contributed by atoms with van der Waals surface area (Å²) in [7, 11) is 3.11. The SMILES string of the molecule is COc1ccc(CBr)c(OC)c1CN1C(=O)c2ccccc2C1=O. The van der Waals surface area contributed by atoms with E-state index in [4.69, 9.17) is 9.47 Å². The lowest BCUT2D eigenvalue weighted by atomic mass is 10.1. The zero-order valence-electron chi connectivity index (χ0n) is 13.3. The average molecular weight is 390 g/mol. The molecule has 0 fully saturated rings. The molecule has 2 amide bonds. The number of halogens is 1. The second-order valence-electron chi connectivity index (χ2n) is 5.31. The molecule has 124 valence electrons. The first kappa shape index (κ1) is 16.5. The molecule has 0 spiro atoms. The number of carbonyl (C=O) groups excluding carboxylic acids is 2. The van der Waals surface area contributed by atoms with Crippen LogP contribution in [0.15, 0.2) is 36.4 Å². The molecule has 0 N–H and O–H groups in total. The quantitative estimate of drug-likeness (QED) is 0.580. The lowest BCUT2D eigenvalue weighted by molar-refractivity contribution is 0.0640. The molecule has 0 atom stereocenters. The Morgan fingerprint density at radius 2 is 1.58 bits per heavy atom. The van der Waals surface area contributed by atoms with E-state index >= 15 is 0 Å². The van der Waals surface area contributed by atoms with Gasteiger partial charge in [0, 0.05) is 10.9 Å². The second-order valence-corrected chi connectivity index (χ2v) is 5.88. The highest BCUT2D eigenvalue weighted by molar-refractivity contribution is 9.08. The number of fused-ring (bicyclic) bond motifs is 1. The summed E-state index contributed by atoms with van der Waals surface area (Å²) in [6.07, 6.45) is 0. The van der Waals surface area contributed by atoms with Crippen molar-refractivity contribution in [2.24, 2.45) is 0 Å².